The van der Waals surface area contributed by atoms with Crippen molar-refractivity contribution in [1.29, 1.82) is 0 Å². The van der Waals surface area contributed by atoms with Gasteiger partial charge in [-0.05, 0) is 26.7 Å². The summed E-state index contributed by atoms with van der Waals surface area (Å²) in [4.78, 5) is 22.9. The standard InChI is InChI=1S/C12H22BrNO3/c1-8(2)10(6-9(15)7-13)14-11(16)17-12(3,4)5/h8,10H,6-7H2,1-5H3,(H,14,16). The van der Waals surface area contributed by atoms with Crippen LogP contribution in [0.4, 0.5) is 4.79 Å². The Labute approximate surface area is 112 Å². The Morgan fingerprint density at radius 3 is 2.18 bits per heavy atom. The van der Waals surface area contributed by atoms with Crippen LogP contribution in [0.2, 0.25) is 0 Å². The van der Waals surface area contributed by atoms with Crippen LogP contribution >= 0.6 is 15.9 Å². The number of carbonyl (C=O) groups excluding carboxylic acids is 2. The Bertz CT molecular complexity index is 271. The molecule has 0 radical (unpaired) electrons. The summed E-state index contributed by atoms with van der Waals surface area (Å²) in [5.41, 5.74) is -0.523. The van der Waals surface area contributed by atoms with Crippen LogP contribution in [-0.2, 0) is 9.53 Å². The zero-order valence-electron chi connectivity index (χ0n) is 11.2. The van der Waals surface area contributed by atoms with Gasteiger partial charge in [-0.25, -0.2) is 4.79 Å². The molecule has 100 valence electrons. The number of alkyl carbamates (subject to hydrolysis) is 1. The first-order valence-electron chi connectivity index (χ1n) is 5.73. The molecule has 0 heterocycles. The van der Waals surface area contributed by atoms with Gasteiger partial charge in [-0.1, -0.05) is 29.8 Å². The second kappa shape index (κ2) is 6.99. The number of ether oxygens (including phenoxy) is 1. The predicted octanol–water partition coefficient (Wildman–Crippen LogP) is 2.89. The minimum absolute atomic E-state index is 0.0692. The third-order valence-electron chi connectivity index (χ3n) is 2.10. The fraction of sp³-hybridized carbons (Fsp3) is 0.833. The molecule has 0 saturated heterocycles. The number of amides is 1. The van der Waals surface area contributed by atoms with E-state index >= 15 is 0 Å². The summed E-state index contributed by atoms with van der Waals surface area (Å²) in [6.45, 7) is 9.34. The molecule has 0 spiro atoms. The SMILES string of the molecule is CC(C)C(CC(=O)CBr)NC(=O)OC(C)(C)C. The highest BCUT2D eigenvalue weighted by molar-refractivity contribution is 9.09. The Morgan fingerprint density at radius 2 is 1.82 bits per heavy atom. The number of Topliss-reactive ketones (excluding diaryl/α,β-unsaturated/α-hetero) is 1. The number of carbonyl (C=O) groups is 2. The molecule has 17 heavy (non-hydrogen) atoms. The van der Waals surface area contributed by atoms with E-state index in [1.165, 1.54) is 0 Å². The van der Waals surface area contributed by atoms with Crippen molar-refractivity contribution in [1.82, 2.24) is 5.32 Å². The van der Waals surface area contributed by atoms with Gasteiger partial charge in [0.05, 0.1) is 5.33 Å². The fourth-order valence-electron chi connectivity index (χ4n) is 1.21. The number of rotatable bonds is 5. The van der Waals surface area contributed by atoms with Gasteiger partial charge in [0.15, 0.2) is 0 Å². The summed E-state index contributed by atoms with van der Waals surface area (Å²) in [6.07, 6.45) is -0.152. The van der Waals surface area contributed by atoms with Gasteiger partial charge in [0.25, 0.3) is 0 Å². The van der Waals surface area contributed by atoms with Crippen molar-refractivity contribution < 1.29 is 14.3 Å². The van der Waals surface area contributed by atoms with E-state index in [2.05, 4.69) is 21.2 Å². The van der Waals surface area contributed by atoms with E-state index in [0.29, 0.717) is 11.8 Å². The largest absolute Gasteiger partial charge is 0.444 e. The van der Waals surface area contributed by atoms with E-state index in [-0.39, 0.29) is 17.7 Å². The van der Waals surface area contributed by atoms with Crippen LogP contribution in [0.3, 0.4) is 0 Å². The molecule has 0 aliphatic rings. The lowest BCUT2D eigenvalue weighted by Gasteiger charge is -2.25. The normalized spacial score (nSPS) is 13.4. The van der Waals surface area contributed by atoms with E-state index in [4.69, 9.17) is 4.74 Å². The van der Waals surface area contributed by atoms with E-state index in [1.54, 1.807) is 20.8 Å². The number of hydrogen-bond acceptors (Lipinski definition) is 3. The highest BCUT2D eigenvalue weighted by atomic mass is 79.9. The van der Waals surface area contributed by atoms with Crippen molar-refractivity contribution in [3.8, 4) is 0 Å². The molecule has 0 aliphatic heterocycles. The molecule has 1 unspecified atom stereocenters. The van der Waals surface area contributed by atoms with Gasteiger partial charge in [-0.3, -0.25) is 4.79 Å². The van der Waals surface area contributed by atoms with E-state index in [1.807, 2.05) is 13.8 Å². The number of hydrogen-bond donors (Lipinski definition) is 1. The summed E-state index contributed by atoms with van der Waals surface area (Å²) in [5.74, 6) is 0.255. The van der Waals surface area contributed by atoms with Gasteiger partial charge >= 0.3 is 6.09 Å². The molecular formula is C12H22BrNO3. The summed E-state index contributed by atoms with van der Waals surface area (Å²) >= 11 is 3.11. The number of alkyl halides is 1. The zero-order valence-corrected chi connectivity index (χ0v) is 12.8. The van der Waals surface area contributed by atoms with Gasteiger partial charge < -0.3 is 10.1 Å². The molecule has 5 heteroatoms. The molecule has 1 amide bonds. The quantitative estimate of drug-likeness (QED) is 0.795. The Morgan fingerprint density at radius 1 is 1.29 bits per heavy atom. The molecule has 0 saturated carbocycles. The maximum atomic E-state index is 11.6. The molecule has 1 N–H and O–H groups in total. The molecule has 0 fully saturated rings. The predicted molar refractivity (Wildman–Crippen MR) is 71.4 cm³/mol. The molecule has 1 atom stereocenters. The molecule has 0 aromatic heterocycles. The molecule has 4 nitrogen and oxygen atoms in total. The molecule has 0 aliphatic carbocycles. The molecule has 0 aromatic rings. The lowest BCUT2D eigenvalue weighted by Crippen LogP contribution is -2.43. The highest BCUT2D eigenvalue weighted by Gasteiger charge is 2.22. The van der Waals surface area contributed by atoms with Crippen molar-refractivity contribution in [2.75, 3.05) is 5.33 Å². The second-order valence-corrected chi connectivity index (χ2v) is 5.93. The van der Waals surface area contributed by atoms with Gasteiger partial charge in [0.1, 0.15) is 11.4 Å². The van der Waals surface area contributed by atoms with Crippen molar-refractivity contribution in [2.24, 2.45) is 5.92 Å². The molecule has 0 bridgehead atoms. The molecular weight excluding hydrogens is 286 g/mol. The zero-order chi connectivity index (χ0) is 13.6. The summed E-state index contributed by atoms with van der Waals surface area (Å²) in [7, 11) is 0. The monoisotopic (exact) mass is 307 g/mol. The van der Waals surface area contributed by atoms with Crippen LogP contribution in [0, 0.1) is 5.92 Å². The highest BCUT2D eigenvalue weighted by Crippen LogP contribution is 2.11. The third kappa shape index (κ3) is 8.18. The maximum Gasteiger partial charge on any atom is 0.407 e. The van der Waals surface area contributed by atoms with Crippen LogP contribution in [-0.4, -0.2) is 28.8 Å². The topological polar surface area (TPSA) is 55.4 Å². The van der Waals surface area contributed by atoms with Crippen molar-refractivity contribution in [3.63, 3.8) is 0 Å². The van der Waals surface area contributed by atoms with E-state index in [0.717, 1.165) is 0 Å². The first-order valence-corrected chi connectivity index (χ1v) is 6.85. The van der Waals surface area contributed by atoms with Crippen LogP contribution in [0.1, 0.15) is 41.0 Å². The van der Waals surface area contributed by atoms with Crippen LogP contribution in [0.15, 0.2) is 0 Å². The maximum absolute atomic E-state index is 11.6. The molecule has 0 aromatic carbocycles. The summed E-state index contributed by atoms with van der Waals surface area (Å²) < 4.78 is 5.16. The number of halogens is 1. The number of nitrogens with one attached hydrogen (secondary N) is 1. The van der Waals surface area contributed by atoms with Gasteiger partial charge in [-0.2, -0.15) is 0 Å². The second-order valence-electron chi connectivity index (χ2n) is 5.37. The van der Waals surface area contributed by atoms with Gasteiger partial charge in [-0.15, -0.1) is 0 Å². The van der Waals surface area contributed by atoms with Gasteiger partial charge in [0.2, 0.25) is 0 Å². The fourth-order valence-corrected chi connectivity index (χ4v) is 1.44. The number of ketones is 1. The first kappa shape index (κ1) is 16.4. The Kier molecular flexibility index (Phi) is 6.75. The van der Waals surface area contributed by atoms with E-state index in [9.17, 15) is 9.59 Å². The van der Waals surface area contributed by atoms with E-state index < -0.39 is 11.7 Å². The lowest BCUT2D eigenvalue weighted by atomic mass is 9.99. The van der Waals surface area contributed by atoms with Crippen LogP contribution < -0.4 is 5.32 Å². The lowest BCUT2D eigenvalue weighted by molar-refractivity contribution is -0.117. The van der Waals surface area contributed by atoms with Crippen LogP contribution in [0.5, 0.6) is 0 Å². The van der Waals surface area contributed by atoms with Crippen LogP contribution in [0.25, 0.3) is 0 Å². The average molecular weight is 308 g/mol. The first-order chi connectivity index (χ1) is 7.65. The smallest absolute Gasteiger partial charge is 0.407 e. The molecule has 0 rings (SSSR count). The minimum Gasteiger partial charge on any atom is -0.444 e. The summed E-state index contributed by atoms with van der Waals surface area (Å²) in [5, 5.41) is 3.05. The van der Waals surface area contributed by atoms with Crippen molar-refractivity contribution in [3.05, 3.63) is 0 Å². The minimum atomic E-state index is -0.523. The Balaban J connectivity index is 4.35. The summed E-state index contributed by atoms with van der Waals surface area (Å²) in [6, 6.07) is -0.185. The third-order valence-corrected chi connectivity index (χ3v) is 2.73. The van der Waals surface area contributed by atoms with Gasteiger partial charge in [0, 0.05) is 12.5 Å². The Hall–Kier alpha value is -0.580. The van der Waals surface area contributed by atoms with Crippen molar-refractivity contribution in [2.45, 2.75) is 52.7 Å². The average Bonchev–Trinajstić information content (AvgIpc) is 2.13. The van der Waals surface area contributed by atoms with Crippen molar-refractivity contribution >= 4 is 27.8 Å².